The van der Waals surface area contributed by atoms with E-state index in [0.717, 1.165) is 32.7 Å². The fourth-order valence-corrected chi connectivity index (χ4v) is 6.30. The summed E-state index contributed by atoms with van der Waals surface area (Å²) in [6, 6.07) is 26.1. The molecule has 0 radical (unpaired) electrons. The average Bonchev–Trinajstić information content (AvgIpc) is 3.04. The number of hydrogen-bond acceptors (Lipinski definition) is 10. The summed E-state index contributed by atoms with van der Waals surface area (Å²) >= 11 is 0. The predicted molar refractivity (Wildman–Crippen MR) is 168 cm³/mol. The molecule has 1 heterocycles. The Morgan fingerprint density at radius 2 is 1.20 bits per heavy atom. The van der Waals surface area contributed by atoms with Crippen LogP contribution < -0.4 is 22.9 Å². The van der Waals surface area contributed by atoms with Crippen LogP contribution in [0, 0.1) is 0 Å². The van der Waals surface area contributed by atoms with Crippen molar-refractivity contribution in [2.24, 2.45) is 22.9 Å². The molecule has 1 saturated carbocycles. The maximum atomic E-state index is 11.3. The first-order chi connectivity index (χ1) is 21.3. The average molecular weight is 603 g/mol. The van der Waals surface area contributed by atoms with Gasteiger partial charge in [0.25, 0.3) is 0 Å². The summed E-state index contributed by atoms with van der Waals surface area (Å²) in [5.41, 5.74) is 27.1. The van der Waals surface area contributed by atoms with Crippen molar-refractivity contribution < 1.29 is 29.2 Å². The highest BCUT2D eigenvalue weighted by Gasteiger charge is 2.49. The number of aliphatic hydroxyl groups is 2. The van der Waals surface area contributed by atoms with E-state index in [0.29, 0.717) is 6.42 Å². The molecule has 0 spiro atoms. The van der Waals surface area contributed by atoms with E-state index in [4.69, 9.17) is 41.9 Å². The van der Waals surface area contributed by atoms with Crippen LogP contribution in [0.25, 0.3) is 21.5 Å². The van der Waals surface area contributed by atoms with E-state index in [1.165, 1.54) is 0 Å². The van der Waals surface area contributed by atoms with E-state index < -0.39 is 61.0 Å². The molecule has 0 amide bonds. The first-order valence-electron chi connectivity index (χ1n) is 15.1. The number of aliphatic hydroxyl groups excluding tert-OH is 2. The van der Waals surface area contributed by atoms with Gasteiger partial charge in [0.2, 0.25) is 0 Å². The summed E-state index contributed by atoms with van der Waals surface area (Å²) in [5, 5.41) is 26.7. The lowest BCUT2D eigenvalue weighted by Gasteiger charge is -2.47. The molecule has 10 N–H and O–H groups in total. The third-order valence-corrected chi connectivity index (χ3v) is 8.82. The van der Waals surface area contributed by atoms with Crippen LogP contribution in [-0.4, -0.2) is 77.8 Å². The Hall–Kier alpha value is -3.00. The van der Waals surface area contributed by atoms with Crippen LogP contribution in [0.2, 0.25) is 0 Å². The molecule has 10 heteroatoms. The Balaban J connectivity index is 1.13. The Morgan fingerprint density at radius 3 is 1.77 bits per heavy atom. The molecule has 44 heavy (non-hydrogen) atoms. The van der Waals surface area contributed by atoms with E-state index in [1.54, 1.807) is 0 Å². The van der Waals surface area contributed by atoms with Crippen molar-refractivity contribution in [3.63, 3.8) is 0 Å². The van der Waals surface area contributed by atoms with Crippen LogP contribution in [0.15, 0.2) is 84.9 Å². The smallest absolute Gasteiger partial charge is 0.176 e. The van der Waals surface area contributed by atoms with Crippen LogP contribution in [-0.2, 0) is 32.2 Å². The molecule has 0 bridgehead atoms. The molecule has 10 atom stereocenters. The van der Waals surface area contributed by atoms with Gasteiger partial charge >= 0.3 is 0 Å². The Bertz CT molecular complexity index is 1550. The van der Waals surface area contributed by atoms with Crippen LogP contribution >= 0.6 is 0 Å². The third-order valence-electron chi connectivity index (χ3n) is 8.82. The number of rotatable bonds is 9. The van der Waals surface area contributed by atoms with Gasteiger partial charge in [-0.05, 0) is 51.2 Å². The van der Waals surface area contributed by atoms with E-state index in [-0.39, 0.29) is 19.8 Å². The zero-order valence-corrected chi connectivity index (χ0v) is 24.5. The minimum absolute atomic E-state index is 0.0676. The SMILES string of the molecule is NC[C@H]1O[C@H](O[C@H]2[C@H](OCc3ccc4ccccc4c3)[C@@H](O)[C@H](N)C[C@@H]2N)[C@H](N)[C@@H](O)[C@@H]1OCc1ccc2ccccc2c1. The molecule has 4 aromatic rings. The van der Waals surface area contributed by atoms with Gasteiger partial charge in [-0.25, -0.2) is 0 Å². The topological polar surface area (TPSA) is 181 Å². The molecule has 2 fully saturated rings. The monoisotopic (exact) mass is 602 g/mol. The summed E-state index contributed by atoms with van der Waals surface area (Å²) in [5.74, 6) is 0. The minimum atomic E-state index is -1.13. The number of fused-ring (bicyclic) bond motifs is 2. The van der Waals surface area contributed by atoms with E-state index in [2.05, 4.69) is 0 Å². The van der Waals surface area contributed by atoms with Gasteiger partial charge in [-0.2, -0.15) is 0 Å². The van der Waals surface area contributed by atoms with Gasteiger partial charge < -0.3 is 52.1 Å². The Kier molecular flexibility index (Phi) is 9.55. The molecule has 10 nitrogen and oxygen atoms in total. The Labute approximate surface area is 256 Å². The lowest BCUT2D eigenvalue weighted by molar-refractivity contribution is -0.297. The molecule has 4 aromatic carbocycles. The van der Waals surface area contributed by atoms with Gasteiger partial charge in [0.15, 0.2) is 6.29 Å². The van der Waals surface area contributed by atoms with Crippen molar-refractivity contribution in [3.8, 4) is 0 Å². The first-order valence-corrected chi connectivity index (χ1v) is 15.1. The minimum Gasteiger partial charge on any atom is -0.389 e. The van der Waals surface area contributed by atoms with Gasteiger partial charge in [0, 0.05) is 18.6 Å². The molecule has 1 saturated heterocycles. The summed E-state index contributed by atoms with van der Waals surface area (Å²) in [6.45, 7) is 0.521. The third kappa shape index (κ3) is 6.51. The van der Waals surface area contributed by atoms with Crippen LogP contribution in [0.1, 0.15) is 17.5 Å². The zero-order chi connectivity index (χ0) is 30.8. The van der Waals surface area contributed by atoms with Crippen molar-refractivity contribution in [1.82, 2.24) is 0 Å². The highest BCUT2D eigenvalue weighted by molar-refractivity contribution is 5.83. The fourth-order valence-electron chi connectivity index (χ4n) is 6.30. The molecule has 1 aliphatic heterocycles. The van der Waals surface area contributed by atoms with Crippen molar-refractivity contribution in [1.29, 1.82) is 0 Å². The largest absolute Gasteiger partial charge is 0.389 e. The summed E-state index contributed by atoms with van der Waals surface area (Å²) in [7, 11) is 0. The molecular weight excluding hydrogens is 560 g/mol. The summed E-state index contributed by atoms with van der Waals surface area (Å²) < 4.78 is 24.9. The Morgan fingerprint density at radius 1 is 0.659 bits per heavy atom. The summed E-state index contributed by atoms with van der Waals surface area (Å²) in [4.78, 5) is 0. The van der Waals surface area contributed by atoms with Gasteiger partial charge in [-0.1, -0.05) is 72.8 Å². The predicted octanol–water partition coefficient (Wildman–Crippen LogP) is 1.64. The molecule has 0 aromatic heterocycles. The quantitative estimate of drug-likeness (QED) is 0.165. The fraction of sp³-hybridized carbons (Fsp3) is 0.412. The van der Waals surface area contributed by atoms with Crippen molar-refractivity contribution in [2.45, 2.75) is 80.7 Å². The first kappa shape index (κ1) is 31.0. The number of ether oxygens (including phenoxy) is 4. The second-order valence-electron chi connectivity index (χ2n) is 11.9. The highest BCUT2D eigenvalue weighted by atomic mass is 16.7. The van der Waals surface area contributed by atoms with Gasteiger partial charge in [0.1, 0.15) is 30.5 Å². The zero-order valence-electron chi connectivity index (χ0n) is 24.5. The van der Waals surface area contributed by atoms with Gasteiger partial charge in [0.05, 0.1) is 25.4 Å². The van der Waals surface area contributed by atoms with Crippen molar-refractivity contribution in [2.75, 3.05) is 6.54 Å². The van der Waals surface area contributed by atoms with Gasteiger partial charge in [-0.3, -0.25) is 0 Å². The van der Waals surface area contributed by atoms with E-state index in [9.17, 15) is 10.2 Å². The van der Waals surface area contributed by atoms with E-state index in [1.807, 2.05) is 84.9 Å². The molecule has 6 rings (SSSR count). The van der Waals surface area contributed by atoms with Crippen molar-refractivity contribution in [3.05, 3.63) is 96.1 Å². The maximum Gasteiger partial charge on any atom is 0.176 e. The summed E-state index contributed by atoms with van der Waals surface area (Å²) in [6.07, 6.45) is -6.05. The lowest BCUT2D eigenvalue weighted by Crippen LogP contribution is -2.68. The molecule has 0 unspecified atom stereocenters. The van der Waals surface area contributed by atoms with Crippen molar-refractivity contribution >= 4 is 21.5 Å². The number of nitrogens with two attached hydrogens (primary N) is 4. The second-order valence-corrected chi connectivity index (χ2v) is 11.9. The molecule has 1 aliphatic carbocycles. The maximum absolute atomic E-state index is 11.3. The van der Waals surface area contributed by atoms with Gasteiger partial charge in [-0.15, -0.1) is 0 Å². The lowest BCUT2D eigenvalue weighted by atomic mass is 9.84. The molecule has 234 valence electrons. The second kappa shape index (κ2) is 13.6. The number of hydrogen-bond donors (Lipinski definition) is 6. The molecule has 2 aliphatic rings. The number of benzene rings is 4. The van der Waals surface area contributed by atoms with Crippen LogP contribution in [0.5, 0.6) is 0 Å². The standard InChI is InChI=1S/C34H42N4O6/c35-16-27-32(41-17-19-9-11-21-5-1-3-7-23(21)13-19)30(40)28(38)34(43-27)44-31-26(37)15-25(36)29(39)33(31)42-18-20-10-12-22-6-2-4-8-24(22)14-20/h1-14,25-34,39-40H,15-18,35-38H2/t25-,26+,27-,28-,29+,30-,31-,32-,33-,34-/m1/s1. The normalized spacial score (nSPS) is 32.7. The van der Waals surface area contributed by atoms with E-state index >= 15 is 0 Å². The highest BCUT2D eigenvalue weighted by Crippen LogP contribution is 2.31. The molecular formula is C34H42N4O6. The van der Waals surface area contributed by atoms with Crippen LogP contribution in [0.4, 0.5) is 0 Å². The van der Waals surface area contributed by atoms with Crippen LogP contribution in [0.3, 0.4) is 0 Å².